The van der Waals surface area contributed by atoms with E-state index in [1.54, 1.807) is 0 Å². The van der Waals surface area contributed by atoms with Gasteiger partial charge in [0.15, 0.2) is 5.75 Å². The zero-order chi connectivity index (χ0) is 28.4. The van der Waals surface area contributed by atoms with Crippen LogP contribution in [0.5, 0.6) is 5.75 Å². The molecule has 0 aliphatic heterocycles. The van der Waals surface area contributed by atoms with Gasteiger partial charge >= 0.3 is 5.69 Å². The molecule has 0 saturated carbocycles. The zero-order valence-electron chi connectivity index (χ0n) is 21.2. The summed E-state index contributed by atoms with van der Waals surface area (Å²) in [7, 11) is -2.78. The molecule has 2 amide bonds. The van der Waals surface area contributed by atoms with Gasteiger partial charge in [-0.25, -0.2) is 13.8 Å². The van der Waals surface area contributed by atoms with E-state index in [0.29, 0.717) is 17.7 Å². The molecule has 0 aliphatic rings. The third-order valence-electron chi connectivity index (χ3n) is 5.43. The monoisotopic (exact) mass is 553 g/mol. The Kier molecular flexibility index (Phi) is 9.84. The number of amides is 2. The Labute approximate surface area is 225 Å². The molecule has 0 radical (unpaired) electrons. The first-order valence-corrected chi connectivity index (χ1v) is 13.1. The molecule has 0 fully saturated rings. The summed E-state index contributed by atoms with van der Waals surface area (Å²) in [6.45, 7) is 0.831. The molecule has 3 aromatic carbocycles. The highest BCUT2D eigenvalue weighted by Gasteiger charge is 2.26. The molecule has 0 saturated heterocycles. The van der Waals surface area contributed by atoms with Crippen molar-refractivity contribution < 1.29 is 27.7 Å². The lowest BCUT2D eigenvalue weighted by molar-refractivity contribution is -0.385. The predicted molar refractivity (Wildman–Crippen MR) is 145 cm³/mol. The number of carbonyl (C=O) groups excluding carboxylic acids is 2. The number of nitrogens with one attached hydrogen (secondary N) is 2. The molecule has 0 aromatic heterocycles. The van der Waals surface area contributed by atoms with Gasteiger partial charge in [-0.2, -0.15) is 9.41 Å². The maximum absolute atomic E-state index is 13.4. The Morgan fingerprint density at radius 2 is 1.77 bits per heavy atom. The van der Waals surface area contributed by atoms with Crippen molar-refractivity contribution in [1.29, 1.82) is 0 Å². The van der Waals surface area contributed by atoms with Crippen molar-refractivity contribution in [3.8, 4) is 5.75 Å². The van der Waals surface area contributed by atoms with Crippen molar-refractivity contribution in [2.24, 2.45) is 5.10 Å². The standard InChI is InChI=1S/C26H27N5O7S/c1-19(32)28-22-9-11-23(12-10-22)39(36,37)30(15-14-20-6-4-3-5-7-20)18-26(33)29-27-17-21-8-13-25(38-2)24(16-21)31(34)35/h3-13,16-17H,14-15,18H2,1-2H3,(H,28,32)(H,29,33). The van der Waals surface area contributed by atoms with E-state index in [-0.39, 0.29) is 28.8 Å². The van der Waals surface area contributed by atoms with Gasteiger partial charge in [-0.3, -0.25) is 19.7 Å². The molecule has 2 N–H and O–H groups in total. The fourth-order valence-electron chi connectivity index (χ4n) is 3.55. The van der Waals surface area contributed by atoms with Crippen molar-refractivity contribution >= 4 is 39.4 Å². The molecule has 0 atom stereocenters. The van der Waals surface area contributed by atoms with E-state index in [4.69, 9.17) is 4.74 Å². The van der Waals surface area contributed by atoms with Crippen LogP contribution >= 0.6 is 0 Å². The minimum atomic E-state index is -4.09. The number of hydrazone groups is 1. The molecular formula is C26H27N5O7S. The summed E-state index contributed by atoms with van der Waals surface area (Å²) in [5.41, 5.74) is 3.65. The first-order valence-electron chi connectivity index (χ1n) is 11.7. The van der Waals surface area contributed by atoms with Crippen LogP contribution in [0.2, 0.25) is 0 Å². The SMILES string of the molecule is COc1ccc(C=NNC(=O)CN(CCc2ccccc2)S(=O)(=O)c2ccc(NC(C)=O)cc2)cc1[N+](=O)[O-]. The van der Waals surface area contributed by atoms with E-state index in [0.717, 1.165) is 9.87 Å². The summed E-state index contributed by atoms with van der Waals surface area (Å²) >= 11 is 0. The molecule has 0 heterocycles. The van der Waals surface area contributed by atoms with E-state index < -0.39 is 27.4 Å². The summed E-state index contributed by atoms with van der Waals surface area (Å²) in [5, 5.41) is 17.6. The predicted octanol–water partition coefficient (Wildman–Crippen LogP) is 2.95. The lowest BCUT2D eigenvalue weighted by atomic mass is 10.1. The third-order valence-corrected chi connectivity index (χ3v) is 7.29. The number of carbonyl (C=O) groups is 2. The minimum absolute atomic E-state index is 0.0155. The minimum Gasteiger partial charge on any atom is -0.490 e. The maximum Gasteiger partial charge on any atom is 0.311 e. The van der Waals surface area contributed by atoms with Crippen LogP contribution in [0.4, 0.5) is 11.4 Å². The van der Waals surface area contributed by atoms with Crippen LogP contribution in [0.25, 0.3) is 0 Å². The van der Waals surface area contributed by atoms with Gasteiger partial charge in [0.05, 0.1) is 29.7 Å². The summed E-state index contributed by atoms with van der Waals surface area (Å²) in [6, 6.07) is 19.0. The Hall–Kier alpha value is -4.62. The average Bonchev–Trinajstić information content (AvgIpc) is 2.91. The lowest BCUT2D eigenvalue weighted by Gasteiger charge is -2.21. The first kappa shape index (κ1) is 28.9. The summed E-state index contributed by atoms with van der Waals surface area (Å²) in [4.78, 5) is 34.5. The van der Waals surface area contributed by atoms with E-state index in [2.05, 4.69) is 15.8 Å². The normalized spacial score (nSPS) is 11.4. The molecule has 3 rings (SSSR count). The van der Waals surface area contributed by atoms with Crippen molar-refractivity contribution in [2.45, 2.75) is 18.2 Å². The number of nitro groups is 1. The third kappa shape index (κ3) is 8.18. The highest BCUT2D eigenvalue weighted by Crippen LogP contribution is 2.26. The van der Waals surface area contributed by atoms with Crippen LogP contribution in [0.3, 0.4) is 0 Å². The largest absolute Gasteiger partial charge is 0.490 e. The number of hydrogen-bond donors (Lipinski definition) is 2. The Balaban J connectivity index is 1.76. The molecule has 39 heavy (non-hydrogen) atoms. The number of nitro benzene ring substituents is 1. The Morgan fingerprint density at radius 3 is 2.38 bits per heavy atom. The van der Waals surface area contributed by atoms with Crippen LogP contribution in [0, 0.1) is 10.1 Å². The Morgan fingerprint density at radius 1 is 1.08 bits per heavy atom. The Bertz CT molecular complexity index is 1460. The van der Waals surface area contributed by atoms with Crippen LogP contribution in [-0.2, 0) is 26.0 Å². The van der Waals surface area contributed by atoms with E-state index in [1.165, 1.54) is 62.7 Å². The van der Waals surface area contributed by atoms with Crippen LogP contribution in [-0.4, -0.2) is 55.9 Å². The van der Waals surface area contributed by atoms with Gasteiger partial charge in [-0.15, -0.1) is 0 Å². The summed E-state index contributed by atoms with van der Waals surface area (Å²) in [5.74, 6) is -0.928. The molecular weight excluding hydrogens is 526 g/mol. The number of anilines is 1. The van der Waals surface area contributed by atoms with Gasteiger partial charge in [0.1, 0.15) is 0 Å². The number of hydrogen-bond acceptors (Lipinski definition) is 8. The second-order valence-corrected chi connectivity index (χ2v) is 10.2. The molecule has 3 aromatic rings. The average molecular weight is 554 g/mol. The maximum atomic E-state index is 13.4. The lowest BCUT2D eigenvalue weighted by Crippen LogP contribution is -2.40. The van der Waals surface area contributed by atoms with Gasteiger partial charge in [0.2, 0.25) is 15.9 Å². The number of nitrogens with zero attached hydrogens (tertiary/aromatic N) is 3. The molecule has 0 aliphatic carbocycles. The van der Waals surface area contributed by atoms with Crippen molar-refractivity contribution in [2.75, 3.05) is 25.5 Å². The van der Waals surface area contributed by atoms with Gasteiger partial charge in [0, 0.05) is 30.8 Å². The second kappa shape index (κ2) is 13.3. The molecule has 0 spiro atoms. The summed E-state index contributed by atoms with van der Waals surface area (Å²) in [6.07, 6.45) is 1.56. The van der Waals surface area contributed by atoms with Crippen molar-refractivity contribution in [3.63, 3.8) is 0 Å². The van der Waals surface area contributed by atoms with Crippen molar-refractivity contribution in [1.82, 2.24) is 9.73 Å². The second-order valence-electron chi connectivity index (χ2n) is 8.26. The van der Waals surface area contributed by atoms with Gasteiger partial charge in [-0.1, -0.05) is 30.3 Å². The fourth-order valence-corrected chi connectivity index (χ4v) is 4.95. The van der Waals surface area contributed by atoms with Gasteiger partial charge in [0.25, 0.3) is 5.91 Å². The molecule has 0 bridgehead atoms. The fraction of sp³-hybridized carbons (Fsp3) is 0.192. The van der Waals surface area contributed by atoms with Gasteiger partial charge < -0.3 is 10.1 Å². The smallest absolute Gasteiger partial charge is 0.311 e. The summed E-state index contributed by atoms with van der Waals surface area (Å²) < 4.78 is 32.8. The first-order chi connectivity index (χ1) is 18.6. The molecule has 12 nitrogen and oxygen atoms in total. The number of ether oxygens (including phenoxy) is 1. The highest BCUT2D eigenvalue weighted by atomic mass is 32.2. The van der Waals surface area contributed by atoms with Gasteiger partial charge in [-0.05, 0) is 48.4 Å². The van der Waals surface area contributed by atoms with E-state index >= 15 is 0 Å². The van der Waals surface area contributed by atoms with E-state index in [1.807, 2.05) is 30.3 Å². The number of methoxy groups -OCH3 is 1. The van der Waals surface area contributed by atoms with Crippen LogP contribution in [0.1, 0.15) is 18.1 Å². The molecule has 204 valence electrons. The quantitative estimate of drug-likeness (QED) is 0.198. The zero-order valence-corrected chi connectivity index (χ0v) is 22.1. The molecule has 13 heteroatoms. The number of benzene rings is 3. The van der Waals surface area contributed by atoms with E-state index in [9.17, 15) is 28.1 Å². The number of sulfonamides is 1. The highest BCUT2D eigenvalue weighted by molar-refractivity contribution is 7.89. The van der Waals surface area contributed by atoms with Crippen LogP contribution in [0.15, 0.2) is 82.8 Å². The van der Waals surface area contributed by atoms with Crippen molar-refractivity contribution in [3.05, 3.63) is 94.0 Å². The number of rotatable bonds is 12. The molecule has 0 unspecified atom stereocenters. The van der Waals surface area contributed by atoms with Crippen LogP contribution < -0.4 is 15.5 Å². The topological polar surface area (TPSA) is 160 Å².